The lowest BCUT2D eigenvalue weighted by molar-refractivity contribution is -0.132. The van der Waals surface area contributed by atoms with Gasteiger partial charge in [0.15, 0.2) is 0 Å². The van der Waals surface area contributed by atoms with Crippen LogP contribution in [0.5, 0.6) is 0 Å². The molecule has 3 aromatic rings. The molecule has 0 bridgehead atoms. The summed E-state index contributed by atoms with van der Waals surface area (Å²) < 4.78 is 0.845. The first kappa shape index (κ1) is 18.1. The van der Waals surface area contributed by atoms with Gasteiger partial charge in [0.05, 0.1) is 11.6 Å². The number of aromatic nitrogens is 1. The Morgan fingerprint density at radius 2 is 1.61 bits per heavy atom. The van der Waals surface area contributed by atoms with Crippen molar-refractivity contribution in [2.45, 2.75) is 6.04 Å². The second-order valence-electron chi connectivity index (χ2n) is 6.27. The van der Waals surface area contributed by atoms with Crippen LogP contribution >= 0.6 is 15.9 Å². The van der Waals surface area contributed by atoms with Crippen molar-refractivity contribution >= 4 is 39.2 Å². The summed E-state index contributed by atoms with van der Waals surface area (Å²) in [5.41, 5.74) is 1.22. The molecule has 0 radical (unpaired) electrons. The maximum absolute atomic E-state index is 12.9. The summed E-state index contributed by atoms with van der Waals surface area (Å²) in [6.45, 7) is 0. The SMILES string of the molecule is O=C1C(=O)N(c2ccccn2)[C@@H](c2ccccc2)/C1=C(\O)c1ccc(Br)cc1. The number of ketones is 1. The second kappa shape index (κ2) is 7.40. The standard InChI is InChI=1S/C22H15BrN2O3/c23-16-11-9-15(10-12-16)20(26)18-19(14-6-2-1-3-7-14)25(22(28)21(18)27)17-8-4-5-13-24-17/h1-13,19,26H/b20-18+/t19-/m0/s1. The number of amides is 1. The summed E-state index contributed by atoms with van der Waals surface area (Å²) in [5.74, 6) is -1.31. The van der Waals surface area contributed by atoms with Crippen molar-refractivity contribution in [3.8, 4) is 0 Å². The molecule has 2 heterocycles. The largest absolute Gasteiger partial charge is 0.507 e. The number of benzene rings is 2. The van der Waals surface area contributed by atoms with E-state index in [-0.39, 0.29) is 11.3 Å². The average Bonchev–Trinajstić information content (AvgIpc) is 3.00. The zero-order valence-corrected chi connectivity index (χ0v) is 16.2. The number of carbonyl (C=O) groups excluding carboxylic acids is 2. The molecular formula is C22H15BrN2O3. The van der Waals surface area contributed by atoms with Crippen LogP contribution in [0.25, 0.3) is 5.76 Å². The first-order valence-electron chi connectivity index (χ1n) is 8.61. The van der Waals surface area contributed by atoms with Gasteiger partial charge >= 0.3 is 5.91 Å². The van der Waals surface area contributed by atoms with Crippen LogP contribution < -0.4 is 4.90 Å². The molecule has 1 amide bonds. The molecular weight excluding hydrogens is 420 g/mol. The van der Waals surface area contributed by atoms with Gasteiger partial charge < -0.3 is 5.11 Å². The minimum absolute atomic E-state index is 0.0455. The number of anilines is 1. The van der Waals surface area contributed by atoms with Gasteiger partial charge in [-0.15, -0.1) is 0 Å². The fourth-order valence-electron chi connectivity index (χ4n) is 3.28. The van der Waals surface area contributed by atoms with Gasteiger partial charge in [-0.2, -0.15) is 0 Å². The average molecular weight is 435 g/mol. The maximum atomic E-state index is 12.9. The number of aliphatic hydroxyl groups excluding tert-OH is 1. The monoisotopic (exact) mass is 434 g/mol. The van der Waals surface area contributed by atoms with Crippen molar-refractivity contribution in [2.24, 2.45) is 0 Å². The fraction of sp³-hybridized carbons (Fsp3) is 0.0455. The number of halogens is 1. The number of aliphatic hydroxyl groups is 1. The number of pyridine rings is 1. The van der Waals surface area contributed by atoms with E-state index in [0.29, 0.717) is 16.9 Å². The lowest BCUT2D eigenvalue weighted by atomic mass is 9.95. The van der Waals surface area contributed by atoms with Crippen LogP contribution in [0.15, 0.2) is 89.0 Å². The summed E-state index contributed by atoms with van der Waals surface area (Å²) in [6.07, 6.45) is 1.56. The van der Waals surface area contributed by atoms with Crippen molar-refractivity contribution in [2.75, 3.05) is 4.90 Å². The van der Waals surface area contributed by atoms with E-state index in [2.05, 4.69) is 20.9 Å². The number of carbonyl (C=O) groups is 2. The Labute approximate surface area is 170 Å². The Morgan fingerprint density at radius 3 is 2.25 bits per heavy atom. The van der Waals surface area contributed by atoms with Gasteiger partial charge in [0.2, 0.25) is 0 Å². The normalized spacial score (nSPS) is 18.5. The number of nitrogens with zero attached hydrogens (tertiary/aromatic N) is 2. The van der Waals surface area contributed by atoms with Crippen molar-refractivity contribution in [3.63, 3.8) is 0 Å². The van der Waals surface area contributed by atoms with E-state index in [4.69, 9.17) is 0 Å². The second-order valence-corrected chi connectivity index (χ2v) is 7.19. The Bertz CT molecular complexity index is 1060. The van der Waals surface area contributed by atoms with Gasteiger partial charge in [-0.25, -0.2) is 4.98 Å². The molecule has 1 aliphatic heterocycles. The molecule has 138 valence electrons. The predicted octanol–water partition coefficient (Wildman–Crippen LogP) is 4.47. The van der Waals surface area contributed by atoms with Crippen LogP contribution in [0.3, 0.4) is 0 Å². The minimum Gasteiger partial charge on any atom is -0.507 e. The quantitative estimate of drug-likeness (QED) is 0.375. The molecule has 2 aromatic carbocycles. The molecule has 28 heavy (non-hydrogen) atoms. The fourth-order valence-corrected chi connectivity index (χ4v) is 3.54. The van der Waals surface area contributed by atoms with Crippen LogP contribution in [0, 0.1) is 0 Å². The molecule has 6 heteroatoms. The smallest absolute Gasteiger partial charge is 0.301 e. The van der Waals surface area contributed by atoms with Crippen molar-refractivity contribution < 1.29 is 14.7 Å². The first-order chi connectivity index (χ1) is 13.6. The Kier molecular flexibility index (Phi) is 4.79. The lowest BCUT2D eigenvalue weighted by Gasteiger charge is -2.24. The third-order valence-corrected chi connectivity index (χ3v) is 5.10. The van der Waals surface area contributed by atoms with Gasteiger partial charge in [0.1, 0.15) is 11.6 Å². The van der Waals surface area contributed by atoms with Crippen LogP contribution in [0.2, 0.25) is 0 Å². The van der Waals surface area contributed by atoms with Crippen LogP contribution in [0.1, 0.15) is 17.2 Å². The molecule has 1 fully saturated rings. The van der Waals surface area contributed by atoms with Crippen LogP contribution in [-0.4, -0.2) is 21.8 Å². The third-order valence-electron chi connectivity index (χ3n) is 4.57. The van der Waals surface area contributed by atoms with Crippen molar-refractivity contribution in [1.29, 1.82) is 0 Å². The molecule has 1 aliphatic rings. The molecule has 4 rings (SSSR count). The zero-order valence-electron chi connectivity index (χ0n) is 14.6. The van der Waals surface area contributed by atoms with Gasteiger partial charge in [-0.05, 0) is 29.8 Å². The van der Waals surface area contributed by atoms with Crippen LogP contribution in [0.4, 0.5) is 5.82 Å². The summed E-state index contributed by atoms with van der Waals surface area (Å²) in [4.78, 5) is 31.4. The van der Waals surface area contributed by atoms with E-state index in [1.165, 1.54) is 4.90 Å². The Balaban J connectivity index is 1.94. The van der Waals surface area contributed by atoms with E-state index in [9.17, 15) is 14.7 Å². The maximum Gasteiger partial charge on any atom is 0.301 e. The number of Topliss-reactive ketones (excluding diaryl/α,β-unsaturated/α-hetero) is 1. The van der Waals surface area contributed by atoms with Gasteiger partial charge in [0.25, 0.3) is 5.78 Å². The Morgan fingerprint density at radius 1 is 0.929 bits per heavy atom. The number of hydrogen-bond acceptors (Lipinski definition) is 4. The van der Waals surface area contributed by atoms with Crippen molar-refractivity contribution in [3.05, 3.63) is 100 Å². The minimum atomic E-state index is -0.764. The van der Waals surface area contributed by atoms with E-state index in [1.807, 2.05) is 30.3 Å². The van der Waals surface area contributed by atoms with Crippen LogP contribution in [-0.2, 0) is 9.59 Å². The summed E-state index contributed by atoms with van der Waals surface area (Å²) in [5, 5.41) is 10.9. The summed E-state index contributed by atoms with van der Waals surface area (Å²) >= 11 is 3.35. The predicted molar refractivity (Wildman–Crippen MR) is 110 cm³/mol. The molecule has 0 spiro atoms. The Hall–Kier alpha value is -3.25. The molecule has 1 aromatic heterocycles. The topological polar surface area (TPSA) is 70.5 Å². The van der Waals surface area contributed by atoms with Gasteiger partial charge in [-0.1, -0.05) is 64.5 Å². The molecule has 1 N–H and O–H groups in total. The highest BCUT2D eigenvalue weighted by Crippen LogP contribution is 2.41. The highest BCUT2D eigenvalue weighted by molar-refractivity contribution is 9.10. The van der Waals surface area contributed by atoms with Crippen molar-refractivity contribution in [1.82, 2.24) is 4.98 Å². The molecule has 0 saturated carbocycles. The highest BCUT2D eigenvalue weighted by Gasteiger charge is 2.47. The zero-order chi connectivity index (χ0) is 19.7. The molecule has 0 aliphatic carbocycles. The number of hydrogen-bond donors (Lipinski definition) is 1. The first-order valence-corrected chi connectivity index (χ1v) is 9.40. The highest BCUT2D eigenvalue weighted by atomic mass is 79.9. The molecule has 5 nitrogen and oxygen atoms in total. The van der Waals surface area contributed by atoms with E-state index in [1.54, 1.807) is 48.7 Å². The van der Waals surface area contributed by atoms with E-state index >= 15 is 0 Å². The molecule has 1 saturated heterocycles. The summed E-state index contributed by atoms with van der Waals surface area (Å²) in [6, 6.07) is 20.4. The van der Waals surface area contributed by atoms with E-state index in [0.717, 1.165) is 4.47 Å². The van der Waals surface area contributed by atoms with E-state index < -0.39 is 17.7 Å². The third kappa shape index (κ3) is 3.12. The molecule has 0 unspecified atom stereocenters. The summed E-state index contributed by atoms with van der Waals surface area (Å²) in [7, 11) is 0. The van der Waals surface area contributed by atoms with Gasteiger partial charge in [0, 0.05) is 16.2 Å². The number of rotatable bonds is 3. The lowest BCUT2D eigenvalue weighted by Crippen LogP contribution is -2.30. The molecule has 1 atom stereocenters. The van der Waals surface area contributed by atoms with Gasteiger partial charge in [-0.3, -0.25) is 14.5 Å².